The number of hydrogen-bond acceptors (Lipinski definition) is 2. The Hall–Kier alpha value is -2.19. The number of para-hydroxylation sites is 1. The molecule has 2 nitrogen and oxygen atoms in total. The van der Waals surface area contributed by atoms with Crippen molar-refractivity contribution in [1.29, 1.82) is 0 Å². The summed E-state index contributed by atoms with van der Waals surface area (Å²) in [5.74, 6) is 0. The Morgan fingerprint density at radius 3 is 2.48 bits per heavy atom. The van der Waals surface area contributed by atoms with Gasteiger partial charge in [-0.3, -0.25) is 4.98 Å². The summed E-state index contributed by atoms with van der Waals surface area (Å²) >= 11 is 0. The summed E-state index contributed by atoms with van der Waals surface area (Å²) in [7, 11) is 0. The highest BCUT2D eigenvalue weighted by atomic mass is 16.3. The molecule has 0 bridgehead atoms. The molecule has 1 unspecified atom stereocenters. The van der Waals surface area contributed by atoms with Gasteiger partial charge >= 0.3 is 0 Å². The Morgan fingerprint density at radius 1 is 1.00 bits per heavy atom. The summed E-state index contributed by atoms with van der Waals surface area (Å²) in [5.41, 5.74) is 5.45. The van der Waals surface area contributed by atoms with Gasteiger partial charge in [0.1, 0.15) is 0 Å². The van der Waals surface area contributed by atoms with Crippen LogP contribution in [0, 0.1) is 13.8 Å². The Labute approximate surface area is 125 Å². The number of fused-ring (bicyclic) bond motifs is 1. The van der Waals surface area contributed by atoms with E-state index in [4.69, 9.17) is 0 Å². The summed E-state index contributed by atoms with van der Waals surface area (Å²) < 4.78 is 0. The molecule has 2 aromatic carbocycles. The summed E-state index contributed by atoms with van der Waals surface area (Å²) in [4.78, 5) is 4.37. The molecule has 0 fully saturated rings. The van der Waals surface area contributed by atoms with E-state index in [1.807, 2.05) is 30.5 Å². The van der Waals surface area contributed by atoms with Crippen LogP contribution >= 0.6 is 0 Å². The molecule has 3 aromatic rings. The highest BCUT2D eigenvalue weighted by Crippen LogP contribution is 2.24. The molecule has 0 aliphatic rings. The first-order chi connectivity index (χ1) is 10.1. The first-order valence-electron chi connectivity index (χ1n) is 7.22. The summed E-state index contributed by atoms with van der Waals surface area (Å²) in [5, 5.41) is 11.7. The van der Waals surface area contributed by atoms with E-state index in [1.54, 1.807) is 0 Å². The standard InChI is InChI=1S/C19H19NO/c1-13-9-14(2)11-16(10-13)19(21)12-15-7-8-20-18-6-4-3-5-17(15)18/h3-11,19,21H,12H2,1-2H3. The van der Waals surface area contributed by atoms with Crippen molar-refractivity contribution in [3.8, 4) is 0 Å². The van der Waals surface area contributed by atoms with Crippen molar-refractivity contribution in [1.82, 2.24) is 4.98 Å². The Kier molecular flexibility index (Phi) is 3.72. The van der Waals surface area contributed by atoms with Crippen molar-refractivity contribution < 1.29 is 5.11 Å². The van der Waals surface area contributed by atoms with E-state index >= 15 is 0 Å². The van der Waals surface area contributed by atoms with Gasteiger partial charge in [-0.15, -0.1) is 0 Å². The molecule has 0 saturated carbocycles. The molecule has 3 rings (SSSR count). The van der Waals surface area contributed by atoms with Gasteiger partial charge in [0, 0.05) is 18.0 Å². The average molecular weight is 277 g/mol. The van der Waals surface area contributed by atoms with Gasteiger partial charge in [-0.05, 0) is 37.1 Å². The predicted octanol–water partition coefficient (Wildman–Crippen LogP) is 4.13. The van der Waals surface area contributed by atoms with Crippen LogP contribution in [0.3, 0.4) is 0 Å². The minimum absolute atomic E-state index is 0.491. The van der Waals surface area contributed by atoms with Crippen LogP contribution < -0.4 is 0 Å². The fourth-order valence-corrected chi connectivity index (χ4v) is 2.86. The maximum Gasteiger partial charge on any atom is 0.0830 e. The number of rotatable bonds is 3. The Morgan fingerprint density at radius 2 is 1.71 bits per heavy atom. The maximum absolute atomic E-state index is 10.6. The quantitative estimate of drug-likeness (QED) is 0.781. The highest BCUT2D eigenvalue weighted by Gasteiger charge is 2.11. The smallest absolute Gasteiger partial charge is 0.0830 e. The van der Waals surface area contributed by atoms with Gasteiger partial charge in [0.15, 0.2) is 0 Å². The van der Waals surface area contributed by atoms with Gasteiger partial charge in [0.05, 0.1) is 11.6 Å². The van der Waals surface area contributed by atoms with Gasteiger partial charge < -0.3 is 5.11 Å². The van der Waals surface area contributed by atoms with Crippen LogP contribution in [-0.4, -0.2) is 10.1 Å². The SMILES string of the molecule is Cc1cc(C)cc(C(O)Cc2ccnc3ccccc23)c1. The minimum Gasteiger partial charge on any atom is -0.388 e. The van der Waals surface area contributed by atoms with E-state index in [9.17, 15) is 5.11 Å². The zero-order valence-electron chi connectivity index (χ0n) is 12.4. The van der Waals surface area contributed by atoms with E-state index in [-0.39, 0.29) is 0 Å². The first-order valence-corrected chi connectivity index (χ1v) is 7.22. The number of hydrogen-bond donors (Lipinski definition) is 1. The second kappa shape index (κ2) is 5.66. The molecule has 1 heterocycles. The van der Waals surface area contributed by atoms with Crippen molar-refractivity contribution in [2.75, 3.05) is 0 Å². The van der Waals surface area contributed by atoms with E-state index in [2.05, 4.69) is 43.1 Å². The molecule has 1 atom stereocenters. The van der Waals surface area contributed by atoms with Gasteiger partial charge in [0.25, 0.3) is 0 Å². The number of pyridine rings is 1. The van der Waals surface area contributed by atoms with E-state index < -0.39 is 6.10 Å². The number of benzene rings is 2. The summed E-state index contributed by atoms with van der Waals surface area (Å²) in [6, 6.07) is 16.3. The van der Waals surface area contributed by atoms with Crippen LogP contribution in [0.15, 0.2) is 54.7 Å². The van der Waals surface area contributed by atoms with Crippen molar-refractivity contribution in [2.45, 2.75) is 26.4 Å². The first kappa shape index (κ1) is 13.8. The number of aliphatic hydroxyl groups is 1. The lowest BCUT2D eigenvalue weighted by atomic mass is 9.96. The van der Waals surface area contributed by atoms with Gasteiger partial charge in [-0.1, -0.05) is 47.5 Å². The Bertz CT molecular complexity index is 754. The molecular weight excluding hydrogens is 258 g/mol. The van der Waals surface area contributed by atoms with E-state index in [1.165, 1.54) is 11.1 Å². The topological polar surface area (TPSA) is 33.1 Å². The van der Waals surface area contributed by atoms with Gasteiger partial charge in [-0.2, -0.15) is 0 Å². The third-order valence-electron chi connectivity index (χ3n) is 3.78. The molecular formula is C19H19NO. The predicted molar refractivity (Wildman–Crippen MR) is 86.3 cm³/mol. The monoisotopic (exact) mass is 277 g/mol. The lowest BCUT2D eigenvalue weighted by Crippen LogP contribution is -2.03. The van der Waals surface area contributed by atoms with E-state index in [0.717, 1.165) is 22.0 Å². The number of aromatic nitrogens is 1. The van der Waals surface area contributed by atoms with Crippen molar-refractivity contribution in [3.05, 3.63) is 77.0 Å². The molecule has 2 heteroatoms. The molecule has 21 heavy (non-hydrogen) atoms. The molecule has 0 aliphatic heterocycles. The third-order valence-corrected chi connectivity index (χ3v) is 3.78. The van der Waals surface area contributed by atoms with Crippen LogP contribution in [0.1, 0.15) is 28.4 Å². The second-order valence-electron chi connectivity index (χ2n) is 5.63. The molecule has 1 N–H and O–H groups in total. The summed E-state index contributed by atoms with van der Waals surface area (Å²) in [6.07, 6.45) is 1.92. The van der Waals surface area contributed by atoms with Crippen molar-refractivity contribution >= 4 is 10.9 Å². The molecule has 1 aromatic heterocycles. The van der Waals surface area contributed by atoms with Crippen LogP contribution in [0.4, 0.5) is 0 Å². The fraction of sp³-hybridized carbons (Fsp3) is 0.211. The molecule has 0 amide bonds. The highest BCUT2D eigenvalue weighted by molar-refractivity contribution is 5.81. The molecule has 0 saturated heterocycles. The third kappa shape index (κ3) is 2.96. The number of aryl methyl sites for hydroxylation is 2. The molecule has 0 spiro atoms. The normalized spacial score (nSPS) is 12.5. The zero-order chi connectivity index (χ0) is 14.8. The molecule has 0 aliphatic carbocycles. The van der Waals surface area contributed by atoms with Crippen LogP contribution in [0.5, 0.6) is 0 Å². The maximum atomic E-state index is 10.6. The largest absolute Gasteiger partial charge is 0.388 e. The lowest BCUT2D eigenvalue weighted by Gasteiger charge is -2.14. The lowest BCUT2D eigenvalue weighted by molar-refractivity contribution is 0.178. The van der Waals surface area contributed by atoms with Crippen LogP contribution in [0.2, 0.25) is 0 Å². The zero-order valence-corrected chi connectivity index (χ0v) is 12.4. The number of aliphatic hydroxyl groups excluding tert-OH is 1. The van der Waals surface area contributed by atoms with Crippen LogP contribution in [0.25, 0.3) is 10.9 Å². The van der Waals surface area contributed by atoms with Crippen molar-refractivity contribution in [3.63, 3.8) is 0 Å². The number of nitrogens with zero attached hydrogens (tertiary/aromatic N) is 1. The average Bonchev–Trinajstić information content (AvgIpc) is 2.46. The van der Waals surface area contributed by atoms with Crippen LogP contribution in [-0.2, 0) is 6.42 Å². The van der Waals surface area contributed by atoms with E-state index in [0.29, 0.717) is 6.42 Å². The molecule has 0 radical (unpaired) electrons. The van der Waals surface area contributed by atoms with Crippen molar-refractivity contribution in [2.24, 2.45) is 0 Å². The molecule has 106 valence electrons. The summed E-state index contributed by atoms with van der Waals surface area (Å²) in [6.45, 7) is 4.12. The Balaban J connectivity index is 1.94. The second-order valence-corrected chi connectivity index (χ2v) is 5.63. The van der Waals surface area contributed by atoms with Gasteiger partial charge in [0.2, 0.25) is 0 Å². The van der Waals surface area contributed by atoms with Gasteiger partial charge in [-0.25, -0.2) is 0 Å². The minimum atomic E-state index is -0.491. The fourth-order valence-electron chi connectivity index (χ4n) is 2.86.